The SMILES string of the molecule is CC1CCC(C(C)C)C(OC(=O)NCCCCCCO)C1. The van der Waals surface area contributed by atoms with Gasteiger partial charge in [-0.2, -0.15) is 0 Å². The molecule has 0 bridgehead atoms. The normalized spacial score (nSPS) is 25.9. The number of nitrogens with one attached hydrogen (secondary N) is 1. The second kappa shape index (κ2) is 10.0. The van der Waals surface area contributed by atoms with E-state index < -0.39 is 0 Å². The van der Waals surface area contributed by atoms with Crippen molar-refractivity contribution >= 4 is 6.09 Å². The van der Waals surface area contributed by atoms with Crippen molar-refractivity contribution in [3.8, 4) is 0 Å². The maximum atomic E-state index is 11.9. The summed E-state index contributed by atoms with van der Waals surface area (Å²) in [6, 6.07) is 0. The Balaban J connectivity index is 2.24. The zero-order valence-electron chi connectivity index (χ0n) is 13.9. The molecule has 0 aliphatic heterocycles. The Hall–Kier alpha value is -0.770. The molecule has 0 radical (unpaired) electrons. The molecule has 21 heavy (non-hydrogen) atoms. The Labute approximate surface area is 129 Å². The molecule has 0 aromatic heterocycles. The van der Waals surface area contributed by atoms with Crippen molar-refractivity contribution in [3.05, 3.63) is 0 Å². The molecule has 1 amide bonds. The second-order valence-corrected chi connectivity index (χ2v) is 6.83. The van der Waals surface area contributed by atoms with Crippen molar-refractivity contribution in [1.29, 1.82) is 0 Å². The van der Waals surface area contributed by atoms with E-state index in [-0.39, 0.29) is 18.8 Å². The fraction of sp³-hybridized carbons (Fsp3) is 0.941. The molecule has 0 spiro atoms. The first-order valence-corrected chi connectivity index (χ1v) is 8.60. The molecule has 1 aliphatic rings. The zero-order valence-corrected chi connectivity index (χ0v) is 13.9. The van der Waals surface area contributed by atoms with E-state index >= 15 is 0 Å². The fourth-order valence-corrected chi connectivity index (χ4v) is 3.21. The van der Waals surface area contributed by atoms with Gasteiger partial charge >= 0.3 is 6.09 Å². The standard InChI is InChI=1S/C17H33NO3/c1-13(2)15-9-8-14(3)12-16(15)21-17(20)18-10-6-4-5-7-11-19/h13-16,19H,4-12H2,1-3H3,(H,18,20). The highest BCUT2D eigenvalue weighted by atomic mass is 16.6. The minimum atomic E-state index is -0.262. The molecular formula is C17H33NO3. The molecule has 1 rings (SSSR count). The van der Waals surface area contributed by atoms with Crippen LogP contribution in [-0.4, -0.2) is 30.5 Å². The first kappa shape index (κ1) is 18.3. The molecule has 3 unspecified atom stereocenters. The quantitative estimate of drug-likeness (QED) is 0.671. The van der Waals surface area contributed by atoms with Crippen molar-refractivity contribution < 1.29 is 14.6 Å². The van der Waals surface area contributed by atoms with Crippen LogP contribution >= 0.6 is 0 Å². The molecule has 0 aromatic rings. The van der Waals surface area contributed by atoms with Crippen molar-refractivity contribution in [1.82, 2.24) is 5.32 Å². The van der Waals surface area contributed by atoms with Gasteiger partial charge in [0.15, 0.2) is 0 Å². The lowest BCUT2D eigenvalue weighted by Gasteiger charge is -2.36. The number of ether oxygens (including phenoxy) is 1. The highest BCUT2D eigenvalue weighted by molar-refractivity contribution is 5.67. The van der Waals surface area contributed by atoms with Crippen LogP contribution in [0.1, 0.15) is 65.7 Å². The Morgan fingerprint density at radius 2 is 1.95 bits per heavy atom. The highest BCUT2D eigenvalue weighted by Crippen LogP contribution is 2.35. The van der Waals surface area contributed by atoms with Crippen LogP contribution in [0.15, 0.2) is 0 Å². The van der Waals surface area contributed by atoms with Crippen molar-refractivity contribution in [2.24, 2.45) is 17.8 Å². The maximum Gasteiger partial charge on any atom is 0.407 e. The minimum Gasteiger partial charge on any atom is -0.446 e. The molecule has 124 valence electrons. The lowest BCUT2D eigenvalue weighted by molar-refractivity contribution is 0.00622. The Bertz CT molecular complexity index is 294. The monoisotopic (exact) mass is 299 g/mol. The molecule has 4 heteroatoms. The van der Waals surface area contributed by atoms with Gasteiger partial charge in [-0.25, -0.2) is 4.79 Å². The van der Waals surface area contributed by atoms with Crippen molar-refractivity contribution in [2.45, 2.75) is 71.8 Å². The van der Waals surface area contributed by atoms with Crippen LogP contribution in [0.5, 0.6) is 0 Å². The van der Waals surface area contributed by atoms with Gasteiger partial charge in [0.1, 0.15) is 6.10 Å². The molecule has 4 nitrogen and oxygen atoms in total. The molecule has 0 aromatic carbocycles. The summed E-state index contributed by atoms with van der Waals surface area (Å²) in [7, 11) is 0. The molecule has 3 atom stereocenters. The van der Waals surface area contributed by atoms with Crippen LogP contribution in [0.25, 0.3) is 0 Å². The van der Waals surface area contributed by atoms with E-state index in [1.165, 1.54) is 6.42 Å². The van der Waals surface area contributed by atoms with E-state index in [0.29, 0.717) is 24.3 Å². The predicted molar refractivity (Wildman–Crippen MR) is 85.2 cm³/mol. The number of unbranched alkanes of at least 4 members (excludes halogenated alkanes) is 3. The summed E-state index contributed by atoms with van der Waals surface area (Å²) >= 11 is 0. The molecule has 1 aliphatic carbocycles. The number of rotatable bonds is 8. The minimum absolute atomic E-state index is 0.0724. The van der Waals surface area contributed by atoms with Crippen LogP contribution < -0.4 is 5.32 Å². The number of alkyl carbamates (subject to hydrolysis) is 1. The van der Waals surface area contributed by atoms with Gasteiger partial charge in [0, 0.05) is 13.2 Å². The average molecular weight is 299 g/mol. The van der Waals surface area contributed by atoms with Crippen molar-refractivity contribution in [2.75, 3.05) is 13.2 Å². The summed E-state index contributed by atoms with van der Waals surface area (Å²) in [5.41, 5.74) is 0. The second-order valence-electron chi connectivity index (χ2n) is 6.83. The van der Waals surface area contributed by atoms with Crippen LogP contribution in [0.4, 0.5) is 4.79 Å². The molecule has 2 N–H and O–H groups in total. The van der Waals surface area contributed by atoms with Crippen LogP contribution in [0.3, 0.4) is 0 Å². The van der Waals surface area contributed by atoms with Gasteiger partial charge < -0.3 is 15.2 Å². The molecule has 1 fully saturated rings. The number of carbonyl (C=O) groups excluding carboxylic acids is 1. The average Bonchev–Trinajstić information content (AvgIpc) is 2.42. The van der Waals surface area contributed by atoms with Gasteiger partial charge in [0.05, 0.1) is 0 Å². The van der Waals surface area contributed by atoms with Crippen LogP contribution in [-0.2, 0) is 4.74 Å². The number of aliphatic hydroxyl groups is 1. The Morgan fingerprint density at radius 3 is 2.62 bits per heavy atom. The Kier molecular flexibility index (Phi) is 8.74. The van der Waals surface area contributed by atoms with Crippen LogP contribution in [0, 0.1) is 17.8 Å². The molecule has 0 heterocycles. The van der Waals surface area contributed by atoms with E-state index in [2.05, 4.69) is 26.1 Å². The zero-order chi connectivity index (χ0) is 15.7. The van der Waals surface area contributed by atoms with Gasteiger partial charge in [-0.1, -0.05) is 40.0 Å². The van der Waals surface area contributed by atoms with E-state index in [1.807, 2.05) is 0 Å². The third-order valence-electron chi connectivity index (χ3n) is 4.57. The number of aliphatic hydroxyl groups excluding tert-OH is 1. The summed E-state index contributed by atoms with van der Waals surface area (Å²) in [4.78, 5) is 11.9. The fourth-order valence-electron chi connectivity index (χ4n) is 3.21. The lowest BCUT2D eigenvalue weighted by atomic mass is 9.75. The first-order valence-electron chi connectivity index (χ1n) is 8.60. The highest BCUT2D eigenvalue weighted by Gasteiger charge is 2.33. The predicted octanol–water partition coefficient (Wildman–Crippen LogP) is 3.73. The topological polar surface area (TPSA) is 58.6 Å². The number of hydrogen-bond donors (Lipinski definition) is 2. The number of carbonyl (C=O) groups is 1. The van der Waals surface area contributed by atoms with Gasteiger partial charge in [-0.3, -0.25) is 0 Å². The summed E-state index contributed by atoms with van der Waals surface area (Å²) < 4.78 is 5.67. The summed E-state index contributed by atoms with van der Waals surface area (Å²) in [5.74, 6) is 1.71. The first-order chi connectivity index (χ1) is 10.0. The Morgan fingerprint density at radius 1 is 1.24 bits per heavy atom. The van der Waals surface area contributed by atoms with E-state index in [0.717, 1.165) is 38.5 Å². The van der Waals surface area contributed by atoms with Gasteiger partial charge in [-0.05, 0) is 43.4 Å². The maximum absolute atomic E-state index is 11.9. The summed E-state index contributed by atoms with van der Waals surface area (Å²) in [6.07, 6.45) is 7.06. The smallest absolute Gasteiger partial charge is 0.407 e. The van der Waals surface area contributed by atoms with Crippen LogP contribution in [0.2, 0.25) is 0 Å². The van der Waals surface area contributed by atoms with E-state index in [4.69, 9.17) is 9.84 Å². The van der Waals surface area contributed by atoms with E-state index in [1.54, 1.807) is 0 Å². The number of amides is 1. The van der Waals surface area contributed by atoms with Crippen molar-refractivity contribution in [3.63, 3.8) is 0 Å². The van der Waals surface area contributed by atoms with Gasteiger partial charge in [0.2, 0.25) is 0 Å². The van der Waals surface area contributed by atoms with Gasteiger partial charge in [0.25, 0.3) is 0 Å². The largest absolute Gasteiger partial charge is 0.446 e. The molecule has 1 saturated carbocycles. The number of hydrogen-bond acceptors (Lipinski definition) is 3. The molecule has 0 saturated heterocycles. The summed E-state index contributed by atoms with van der Waals surface area (Å²) in [5, 5.41) is 11.6. The summed E-state index contributed by atoms with van der Waals surface area (Å²) in [6.45, 7) is 7.60. The van der Waals surface area contributed by atoms with Gasteiger partial charge in [-0.15, -0.1) is 0 Å². The molecular weight excluding hydrogens is 266 g/mol. The third-order valence-corrected chi connectivity index (χ3v) is 4.57. The van der Waals surface area contributed by atoms with E-state index in [9.17, 15) is 4.79 Å². The third kappa shape index (κ3) is 7.16. The lowest BCUT2D eigenvalue weighted by Crippen LogP contribution is -2.39.